The second kappa shape index (κ2) is 4.69. The molecule has 0 saturated heterocycles. The molecule has 0 fully saturated rings. The summed E-state index contributed by atoms with van der Waals surface area (Å²) in [6.07, 6.45) is 0. The average Bonchev–Trinajstić information content (AvgIpc) is 1.35. The molecule has 0 aromatic rings. The number of hydrogen-bond donors (Lipinski definition) is 1. The van der Waals surface area contributed by atoms with E-state index in [-0.39, 0.29) is 51.4 Å². The van der Waals surface area contributed by atoms with Gasteiger partial charge in [-0.3, -0.25) is 4.55 Å². The third-order valence-corrected chi connectivity index (χ3v) is 1.24. The Kier molecular flexibility index (Phi) is 7.78. The second-order valence-corrected chi connectivity index (χ2v) is 2.73. The Bertz CT molecular complexity index is 117. The van der Waals surface area contributed by atoms with Crippen LogP contribution >= 0.6 is 11.6 Å². The van der Waals surface area contributed by atoms with Gasteiger partial charge in [0.2, 0.25) is 0 Å². The van der Waals surface area contributed by atoms with E-state index in [4.69, 9.17) is 4.55 Å². The summed E-state index contributed by atoms with van der Waals surface area (Å²) in [4.78, 5) is 0. The van der Waals surface area contributed by atoms with Gasteiger partial charge in [-0.25, -0.2) is 0 Å². The molecule has 1 N–H and O–H groups in total. The molecule has 40 valence electrons. The number of rotatable bonds is 1. The van der Waals surface area contributed by atoms with E-state index in [0.29, 0.717) is 0 Å². The van der Waals surface area contributed by atoms with Gasteiger partial charge >= 0.3 is 51.4 Å². The Morgan fingerprint density at radius 1 is 1.57 bits per heavy atom. The van der Waals surface area contributed by atoms with Crippen LogP contribution in [-0.2, 0) is 10.1 Å². The molecule has 0 aliphatic carbocycles. The van der Waals surface area contributed by atoms with Gasteiger partial charge in [-0.05, 0) is 0 Å². The van der Waals surface area contributed by atoms with Gasteiger partial charge in [-0.2, -0.15) is 8.42 Å². The molecular weight excluding hydrogens is 167 g/mol. The van der Waals surface area contributed by atoms with E-state index >= 15 is 0 Å². The minimum absolute atomic E-state index is 0. The van der Waals surface area contributed by atoms with Crippen LogP contribution in [0.25, 0.3) is 0 Å². The van der Waals surface area contributed by atoms with Gasteiger partial charge < -0.3 is 0 Å². The molecule has 0 amide bonds. The molecule has 0 rings (SSSR count). The van der Waals surface area contributed by atoms with Crippen molar-refractivity contribution in [3.63, 3.8) is 0 Å². The molecule has 0 aromatic carbocycles. The monoisotopic (exact) mass is 170 g/mol. The first-order valence-electron chi connectivity index (χ1n) is 1.07. The van der Waals surface area contributed by atoms with Crippen LogP contribution in [0, 0.1) is 0 Å². The first kappa shape index (κ1) is 11.6. The normalized spacial score (nSPS) is 10.0. The number of hydrogen-bond acceptors (Lipinski definition) is 2. The summed E-state index contributed by atoms with van der Waals surface area (Å²) in [5, 5.41) is -0.729. The molecule has 0 heterocycles. The average molecular weight is 171 g/mol. The first-order valence-corrected chi connectivity index (χ1v) is 3.22. The predicted octanol–water partition coefficient (Wildman–Crippen LogP) is -0.578. The van der Waals surface area contributed by atoms with Crippen LogP contribution in [0.3, 0.4) is 0 Å². The molecule has 0 radical (unpaired) electrons. The van der Waals surface area contributed by atoms with E-state index in [0.717, 1.165) is 0 Å². The van der Waals surface area contributed by atoms with Crippen molar-refractivity contribution in [2.75, 3.05) is 5.21 Å². The Balaban J connectivity index is 0. The van der Waals surface area contributed by atoms with Gasteiger partial charge in [-0.15, -0.1) is 11.6 Å². The summed E-state index contributed by atoms with van der Waals surface area (Å²) < 4.78 is 26.5. The van der Waals surface area contributed by atoms with Gasteiger partial charge in [0.15, 0.2) is 0 Å². The molecule has 0 aliphatic rings. The number of alkyl halides is 1. The molecule has 3 nitrogen and oxygen atoms in total. The second-order valence-electron chi connectivity index (χ2n) is 0.691. The van der Waals surface area contributed by atoms with Crippen LogP contribution in [0.1, 0.15) is 0 Å². The van der Waals surface area contributed by atoms with Gasteiger partial charge in [0, 0.05) is 0 Å². The summed E-state index contributed by atoms with van der Waals surface area (Å²) in [5.74, 6) is 0. The quantitative estimate of drug-likeness (QED) is 0.326. The van der Waals surface area contributed by atoms with Crippen molar-refractivity contribution in [3.05, 3.63) is 0 Å². The van der Waals surface area contributed by atoms with Crippen LogP contribution in [0.15, 0.2) is 0 Å². The molecule has 0 saturated carbocycles. The van der Waals surface area contributed by atoms with E-state index in [1.165, 1.54) is 0 Å². The van der Waals surface area contributed by atoms with Crippen LogP contribution in [-0.4, -0.2) is 69.6 Å². The van der Waals surface area contributed by atoms with E-state index in [1.54, 1.807) is 0 Å². The molecular formula is CH4ClKO3S. The van der Waals surface area contributed by atoms with Gasteiger partial charge in [0.05, 0.1) is 0 Å². The summed E-state index contributed by atoms with van der Waals surface area (Å²) in [6, 6.07) is 0. The SMILES string of the molecule is O=S(=O)(O)CCl.[KH]. The van der Waals surface area contributed by atoms with E-state index in [1.807, 2.05) is 0 Å². The van der Waals surface area contributed by atoms with Crippen molar-refractivity contribution < 1.29 is 13.0 Å². The Morgan fingerprint density at radius 2 is 1.71 bits per heavy atom. The van der Waals surface area contributed by atoms with Crippen molar-refractivity contribution in [1.29, 1.82) is 0 Å². The third kappa shape index (κ3) is 11.4. The summed E-state index contributed by atoms with van der Waals surface area (Å²) in [7, 11) is -3.90. The molecule has 0 bridgehead atoms. The maximum absolute atomic E-state index is 9.42. The summed E-state index contributed by atoms with van der Waals surface area (Å²) in [5.41, 5.74) is 0. The number of halogens is 1. The molecule has 7 heavy (non-hydrogen) atoms. The van der Waals surface area contributed by atoms with Crippen molar-refractivity contribution in [2.24, 2.45) is 0 Å². The van der Waals surface area contributed by atoms with Gasteiger partial charge in [0.25, 0.3) is 10.1 Å². The molecule has 0 unspecified atom stereocenters. The molecule has 6 heteroatoms. The van der Waals surface area contributed by atoms with Gasteiger partial charge in [0.1, 0.15) is 5.21 Å². The zero-order valence-corrected chi connectivity index (χ0v) is 4.33. The third-order valence-electron chi connectivity index (χ3n) is 0.138. The van der Waals surface area contributed by atoms with Crippen LogP contribution < -0.4 is 0 Å². The Morgan fingerprint density at radius 3 is 1.71 bits per heavy atom. The fourth-order valence-electron chi connectivity index (χ4n) is 0. The standard InChI is InChI=1S/CH3ClO3S.K.H/c2-1-6(3,4)5;;/h1H2,(H,3,4,5);;. The summed E-state index contributed by atoms with van der Waals surface area (Å²) >= 11 is 4.64. The molecule has 0 atom stereocenters. The molecule has 0 spiro atoms. The Hall–Kier alpha value is 1.84. The fourth-order valence-corrected chi connectivity index (χ4v) is 0. The first-order chi connectivity index (χ1) is 2.56. The fraction of sp³-hybridized carbons (Fsp3) is 1.00. The molecule has 0 aromatic heterocycles. The van der Waals surface area contributed by atoms with Crippen molar-refractivity contribution in [1.82, 2.24) is 0 Å². The van der Waals surface area contributed by atoms with E-state index in [2.05, 4.69) is 11.6 Å². The van der Waals surface area contributed by atoms with Crippen LogP contribution in [0.2, 0.25) is 0 Å². The molecule has 0 aliphatic heterocycles. The minimum atomic E-state index is -3.90. The van der Waals surface area contributed by atoms with E-state index < -0.39 is 15.3 Å². The Labute approximate surface area is 89.6 Å². The van der Waals surface area contributed by atoms with Crippen molar-refractivity contribution in [3.8, 4) is 0 Å². The zero-order chi connectivity index (χ0) is 5.21. The topological polar surface area (TPSA) is 54.4 Å². The van der Waals surface area contributed by atoms with Crippen LogP contribution in [0.4, 0.5) is 0 Å². The van der Waals surface area contributed by atoms with Gasteiger partial charge in [-0.1, -0.05) is 0 Å². The van der Waals surface area contributed by atoms with E-state index in [9.17, 15) is 8.42 Å². The van der Waals surface area contributed by atoms with Crippen molar-refractivity contribution in [2.45, 2.75) is 0 Å². The zero-order valence-electron chi connectivity index (χ0n) is 2.76. The van der Waals surface area contributed by atoms with Crippen LogP contribution in [0.5, 0.6) is 0 Å². The summed E-state index contributed by atoms with van der Waals surface area (Å²) in [6.45, 7) is 0. The van der Waals surface area contributed by atoms with Crippen molar-refractivity contribution >= 4 is 73.1 Å². The predicted molar refractivity (Wildman–Crippen MR) is 29.4 cm³/mol. The maximum atomic E-state index is 9.42.